The third-order valence-electron chi connectivity index (χ3n) is 7.04. The van der Waals surface area contributed by atoms with E-state index in [0.29, 0.717) is 22.5 Å². The van der Waals surface area contributed by atoms with Crippen LogP contribution in [0.15, 0.2) is 12.7 Å². The molecule has 2 atom stereocenters. The lowest BCUT2D eigenvalue weighted by Gasteiger charge is -2.42. The lowest BCUT2D eigenvalue weighted by Crippen LogP contribution is -2.47. The first-order chi connectivity index (χ1) is 14.0. The van der Waals surface area contributed by atoms with Crippen molar-refractivity contribution < 1.29 is 14.3 Å². The molecule has 0 aliphatic heterocycles. The number of hydrogen-bond acceptors (Lipinski definition) is 2. The Bertz CT molecular complexity index is 449. The standard InChI is InChI=1S/C26H52O3Si/c1-10-24(20(2)3)25(26(27)28)18-16-14-12-11-13-15-17-19-29-30(21(4)5,22(6)7)23(8)9/h10,20-25H,1,11-19H2,2-9H3,(H,27,28)/t24-,25-/m1/s1. The molecule has 0 fully saturated rings. The van der Waals surface area contributed by atoms with Crippen molar-refractivity contribution in [3.63, 3.8) is 0 Å². The number of carbonyl (C=O) groups is 1. The Balaban J connectivity index is 4.08. The summed E-state index contributed by atoms with van der Waals surface area (Å²) in [6.07, 6.45) is 10.8. The maximum atomic E-state index is 11.6. The lowest BCUT2D eigenvalue weighted by molar-refractivity contribution is -0.144. The van der Waals surface area contributed by atoms with E-state index in [1.165, 1.54) is 25.7 Å². The maximum Gasteiger partial charge on any atom is 0.307 e. The second-order valence-electron chi connectivity index (χ2n) is 10.4. The van der Waals surface area contributed by atoms with E-state index in [9.17, 15) is 9.90 Å². The molecular formula is C26H52O3Si. The fourth-order valence-corrected chi connectivity index (χ4v) is 11.0. The molecule has 0 heterocycles. The smallest absolute Gasteiger partial charge is 0.307 e. The summed E-state index contributed by atoms with van der Waals surface area (Å²) in [5.74, 6) is -0.556. The van der Waals surface area contributed by atoms with E-state index >= 15 is 0 Å². The Morgan fingerprint density at radius 3 is 1.63 bits per heavy atom. The van der Waals surface area contributed by atoms with Gasteiger partial charge in [0.05, 0.1) is 5.92 Å². The molecule has 0 saturated carbocycles. The van der Waals surface area contributed by atoms with Crippen molar-refractivity contribution in [2.75, 3.05) is 6.61 Å². The second-order valence-corrected chi connectivity index (χ2v) is 15.9. The van der Waals surface area contributed by atoms with Gasteiger partial charge in [0.25, 0.3) is 0 Å². The number of rotatable bonds is 18. The zero-order valence-corrected chi connectivity index (χ0v) is 22.4. The molecule has 0 unspecified atom stereocenters. The Kier molecular flexibility index (Phi) is 14.9. The number of aliphatic carboxylic acids is 1. The van der Waals surface area contributed by atoms with Crippen molar-refractivity contribution in [1.29, 1.82) is 0 Å². The molecular weight excluding hydrogens is 388 g/mol. The molecule has 30 heavy (non-hydrogen) atoms. The van der Waals surface area contributed by atoms with Crippen LogP contribution in [0.1, 0.15) is 107 Å². The third-order valence-corrected chi connectivity index (χ3v) is 13.2. The van der Waals surface area contributed by atoms with Gasteiger partial charge in [0.15, 0.2) is 8.32 Å². The van der Waals surface area contributed by atoms with Crippen molar-refractivity contribution in [2.24, 2.45) is 17.8 Å². The summed E-state index contributed by atoms with van der Waals surface area (Å²) in [5, 5.41) is 9.55. The lowest BCUT2D eigenvalue weighted by atomic mass is 9.80. The topological polar surface area (TPSA) is 46.5 Å². The van der Waals surface area contributed by atoms with E-state index in [2.05, 4.69) is 62.0 Å². The van der Waals surface area contributed by atoms with Crippen molar-refractivity contribution >= 4 is 14.3 Å². The van der Waals surface area contributed by atoms with E-state index in [1.807, 2.05) is 6.08 Å². The van der Waals surface area contributed by atoms with Gasteiger partial charge >= 0.3 is 5.97 Å². The van der Waals surface area contributed by atoms with Gasteiger partial charge in [-0.15, -0.1) is 6.58 Å². The predicted molar refractivity (Wildman–Crippen MR) is 134 cm³/mol. The van der Waals surface area contributed by atoms with Gasteiger partial charge in [-0.25, -0.2) is 0 Å². The fourth-order valence-electron chi connectivity index (χ4n) is 5.48. The molecule has 178 valence electrons. The van der Waals surface area contributed by atoms with Crippen molar-refractivity contribution in [3.05, 3.63) is 12.7 Å². The zero-order valence-electron chi connectivity index (χ0n) is 21.4. The summed E-state index contributed by atoms with van der Waals surface area (Å²) >= 11 is 0. The molecule has 0 rings (SSSR count). The number of unbranched alkanes of at least 4 members (excludes halogenated alkanes) is 6. The average molecular weight is 441 g/mol. The van der Waals surface area contributed by atoms with E-state index in [4.69, 9.17) is 4.43 Å². The highest BCUT2D eigenvalue weighted by molar-refractivity contribution is 6.77. The molecule has 0 aromatic rings. The van der Waals surface area contributed by atoms with Crippen molar-refractivity contribution in [1.82, 2.24) is 0 Å². The summed E-state index contributed by atoms with van der Waals surface area (Å²) in [7, 11) is -1.71. The molecule has 4 heteroatoms. The highest BCUT2D eigenvalue weighted by atomic mass is 28.4. The first-order valence-electron chi connectivity index (χ1n) is 12.5. The number of carboxylic acids is 1. The zero-order chi connectivity index (χ0) is 23.3. The maximum absolute atomic E-state index is 11.6. The second kappa shape index (κ2) is 15.2. The van der Waals surface area contributed by atoms with Gasteiger partial charge in [0, 0.05) is 6.61 Å². The molecule has 0 saturated heterocycles. The molecule has 1 N–H and O–H groups in total. The molecule has 0 amide bonds. The summed E-state index contributed by atoms with van der Waals surface area (Å²) < 4.78 is 6.64. The first kappa shape index (κ1) is 29.4. The van der Waals surface area contributed by atoms with Gasteiger partial charge < -0.3 is 9.53 Å². The van der Waals surface area contributed by atoms with Crippen LogP contribution in [0.3, 0.4) is 0 Å². The van der Waals surface area contributed by atoms with Crippen LogP contribution in [0.4, 0.5) is 0 Å². The normalized spacial score (nSPS) is 14.7. The van der Waals surface area contributed by atoms with Gasteiger partial charge in [-0.2, -0.15) is 0 Å². The molecule has 0 radical (unpaired) electrons. The molecule has 0 bridgehead atoms. The van der Waals surface area contributed by atoms with Gasteiger partial charge in [-0.05, 0) is 41.3 Å². The van der Waals surface area contributed by atoms with E-state index in [0.717, 1.165) is 32.3 Å². The molecule has 0 aliphatic carbocycles. The van der Waals surface area contributed by atoms with Crippen molar-refractivity contribution in [3.8, 4) is 0 Å². The minimum Gasteiger partial charge on any atom is -0.481 e. The SMILES string of the molecule is C=C[C@H](C(C)C)[C@@H](CCCCCCCCCO[Si](C(C)C)(C(C)C)C(C)C)C(=O)O. The number of carboxylic acid groups (broad SMARTS) is 1. The van der Waals surface area contributed by atoms with Crippen LogP contribution in [-0.2, 0) is 9.22 Å². The van der Waals surface area contributed by atoms with E-state index in [1.54, 1.807) is 0 Å². The Labute approximate surface area is 189 Å². The van der Waals surface area contributed by atoms with Crippen LogP contribution < -0.4 is 0 Å². The summed E-state index contributed by atoms with van der Waals surface area (Å²) in [6.45, 7) is 23.0. The van der Waals surface area contributed by atoms with Crippen LogP contribution in [0.2, 0.25) is 16.6 Å². The van der Waals surface area contributed by atoms with Gasteiger partial charge in [0.1, 0.15) is 0 Å². The Morgan fingerprint density at radius 1 is 0.833 bits per heavy atom. The van der Waals surface area contributed by atoms with E-state index < -0.39 is 14.3 Å². The first-order valence-corrected chi connectivity index (χ1v) is 14.7. The molecule has 0 aromatic carbocycles. The third kappa shape index (κ3) is 9.26. The molecule has 0 aliphatic rings. The van der Waals surface area contributed by atoms with Gasteiger partial charge in [-0.3, -0.25) is 4.79 Å². The molecule has 0 spiro atoms. The number of hydrogen-bond donors (Lipinski definition) is 1. The minimum atomic E-state index is -1.71. The fraction of sp³-hybridized carbons (Fsp3) is 0.885. The van der Waals surface area contributed by atoms with E-state index in [-0.39, 0.29) is 11.8 Å². The van der Waals surface area contributed by atoms with Gasteiger partial charge in [0.2, 0.25) is 0 Å². The van der Waals surface area contributed by atoms with Crippen molar-refractivity contribution in [2.45, 2.75) is 123 Å². The largest absolute Gasteiger partial charge is 0.481 e. The van der Waals surface area contributed by atoms with Crippen LogP contribution in [0.25, 0.3) is 0 Å². The van der Waals surface area contributed by atoms with Crippen LogP contribution in [-0.4, -0.2) is 26.0 Å². The quantitative estimate of drug-likeness (QED) is 0.132. The Hall–Kier alpha value is -0.613. The molecule has 3 nitrogen and oxygen atoms in total. The highest BCUT2D eigenvalue weighted by Crippen LogP contribution is 2.42. The average Bonchev–Trinajstić information content (AvgIpc) is 2.63. The minimum absolute atomic E-state index is 0.0701. The van der Waals surface area contributed by atoms with Crippen LogP contribution in [0.5, 0.6) is 0 Å². The summed E-state index contributed by atoms with van der Waals surface area (Å²) in [5.41, 5.74) is 1.97. The highest BCUT2D eigenvalue weighted by Gasteiger charge is 2.44. The monoisotopic (exact) mass is 440 g/mol. The van der Waals surface area contributed by atoms with Crippen LogP contribution in [0, 0.1) is 17.8 Å². The number of allylic oxidation sites excluding steroid dienone is 1. The predicted octanol–water partition coefficient (Wildman–Crippen LogP) is 8.46. The molecule has 0 aromatic heterocycles. The Morgan fingerprint density at radius 2 is 1.27 bits per heavy atom. The summed E-state index contributed by atoms with van der Waals surface area (Å²) in [4.78, 5) is 11.6. The van der Waals surface area contributed by atoms with Crippen LogP contribution >= 0.6 is 0 Å². The summed E-state index contributed by atoms with van der Waals surface area (Å²) in [6, 6.07) is 0. The van der Waals surface area contributed by atoms with Gasteiger partial charge in [-0.1, -0.05) is 100.0 Å².